The van der Waals surface area contributed by atoms with Gasteiger partial charge in [-0.15, -0.1) is 0 Å². The van der Waals surface area contributed by atoms with Crippen molar-refractivity contribution < 1.29 is 28.7 Å². The maximum atomic E-state index is 14.5. The Morgan fingerprint density at radius 2 is 1.50 bits per heavy atom. The van der Waals surface area contributed by atoms with E-state index in [1.807, 2.05) is 63.2 Å². The Morgan fingerprint density at radius 3 is 2.15 bits per heavy atom. The molecule has 1 heterocycles. The van der Waals surface area contributed by atoms with Crippen LogP contribution in [0.1, 0.15) is 85.9 Å². The van der Waals surface area contributed by atoms with Gasteiger partial charge in [0.1, 0.15) is 18.5 Å². The third-order valence-corrected chi connectivity index (χ3v) is 11.2. The number of carbonyl (C=O) groups is 5. The first-order chi connectivity index (χ1) is 31.5. The van der Waals surface area contributed by atoms with Crippen LogP contribution >= 0.6 is 11.6 Å². The molecule has 0 radical (unpaired) electrons. The number of ether oxygens (including phenoxy) is 1. The maximum Gasteiger partial charge on any atom is 0.407 e. The molecule has 0 saturated heterocycles. The predicted molar refractivity (Wildman–Crippen MR) is 256 cm³/mol. The van der Waals surface area contributed by atoms with Crippen LogP contribution in [0.15, 0.2) is 102 Å². The number of aryl methyl sites for hydroxylation is 1. The molecule has 16 nitrogen and oxygen atoms in total. The number of hydrogen-bond acceptors (Lipinski definition) is 9. The van der Waals surface area contributed by atoms with Crippen LogP contribution in [0.5, 0.6) is 0 Å². The molecule has 6 amide bonds. The highest BCUT2D eigenvalue weighted by atomic mass is 35.5. The number of urea groups is 1. The van der Waals surface area contributed by atoms with E-state index in [4.69, 9.17) is 32.8 Å². The van der Waals surface area contributed by atoms with Gasteiger partial charge in [-0.25, -0.2) is 14.6 Å². The molecule has 0 bridgehead atoms. The van der Waals surface area contributed by atoms with E-state index >= 15 is 0 Å². The second-order valence-corrected chi connectivity index (χ2v) is 17.3. The van der Waals surface area contributed by atoms with Crippen molar-refractivity contribution in [3.05, 3.63) is 141 Å². The number of hydrogen-bond donors (Lipinski definition) is 6. The van der Waals surface area contributed by atoms with Crippen molar-refractivity contribution in [1.82, 2.24) is 30.4 Å². The fourth-order valence-corrected chi connectivity index (χ4v) is 7.46. The molecule has 0 aliphatic carbocycles. The Hall–Kier alpha value is -6.78. The molecule has 66 heavy (non-hydrogen) atoms. The van der Waals surface area contributed by atoms with Crippen molar-refractivity contribution in [3.63, 3.8) is 0 Å². The van der Waals surface area contributed by atoms with Gasteiger partial charge in [-0.3, -0.25) is 23.7 Å². The predicted octanol–water partition coefficient (Wildman–Crippen LogP) is 6.42. The molecule has 4 aromatic carbocycles. The van der Waals surface area contributed by atoms with Crippen molar-refractivity contribution in [1.29, 1.82) is 0 Å². The average molecular weight is 923 g/mol. The fourth-order valence-electron chi connectivity index (χ4n) is 7.29. The monoisotopic (exact) mass is 921 g/mol. The molecule has 0 spiro atoms. The number of halogens is 1. The molecule has 0 aliphatic rings. The molecule has 2 unspecified atom stereocenters. The summed E-state index contributed by atoms with van der Waals surface area (Å²) in [4.78, 5) is 85.5. The number of rotatable bonds is 21. The lowest BCUT2D eigenvalue weighted by Gasteiger charge is -2.35. The lowest BCUT2D eigenvalue weighted by Crippen LogP contribution is -2.51. The summed E-state index contributed by atoms with van der Waals surface area (Å²) < 4.78 is 7.13. The zero-order valence-electron chi connectivity index (χ0n) is 38.0. The standard InChI is InChI=1S/C49H60ClN9O7/c1-30(2)41(51)45(61)57-39(13-9-24-53-48(52)64)44(60)55-37-21-16-34(17-22-37)29-66-49(65)54-25-10-26-58(46(62)35-18-14-32(5)15-19-35)42(31(3)4)43-56-40-27-36(50)20-23-38(40)47(63)59(43)28-33-11-7-6-8-12-33/h6-8,11-12,14-23,27,30-31,39,41-42H,9-10,13,24-26,28-29,51H2,1-5H3,(H,54,65)(H,55,60)(H,57,61)(H3,52,53,64)/t39-,41?,42?/m0/s1. The first-order valence-electron chi connectivity index (χ1n) is 22.0. The van der Waals surface area contributed by atoms with Crippen LogP contribution in [0, 0.1) is 18.8 Å². The summed E-state index contributed by atoms with van der Waals surface area (Å²) in [6.45, 7) is 10.3. The van der Waals surface area contributed by atoms with Gasteiger partial charge in [0.25, 0.3) is 11.5 Å². The van der Waals surface area contributed by atoms with Crippen molar-refractivity contribution >= 4 is 58.0 Å². The molecule has 350 valence electrons. The third kappa shape index (κ3) is 14.1. The Bertz CT molecular complexity index is 2520. The van der Waals surface area contributed by atoms with Crippen LogP contribution in [0.3, 0.4) is 0 Å². The van der Waals surface area contributed by atoms with Crippen LogP contribution in [0.4, 0.5) is 15.3 Å². The number of amides is 6. The summed E-state index contributed by atoms with van der Waals surface area (Å²) in [5.41, 5.74) is 14.8. The molecule has 5 aromatic rings. The number of nitrogens with zero attached hydrogens (tertiary/aromatic N) is 3. The molecule has 0 fully saturated rings. The van der Waals surface area contributed by atoms with Crippen LogP contribution in [0.25, 0.3) is 10.9 Å². The van der Waals surface area contributed by atoms with Crippen LogP contribution in [-0.4, -0.2) is 76.0 Å². The van der Waals surface area contributed by atoms with E-state index in [9.17, 15) is 28.8 Å². The van der Waals surface area contributed by atoms with Crippen LogP contribution in [0.2, 0.25) is 5.02 Å². The lowest BCUT2D eigenvalue weighted by molar-refractivity contribution is -0.128. The smallest absolute Gasteiger partial charge is 0.407 e. The summed E-state index contributed by atoms with van der Waals surface area (Å²) >= 11 is 6.39. The maximum absolute atomic E-state index is 14.5. The van der Waals surface area contributed by atoms with Gasteiger partial charge in [-0.05, 0) is 91.6 Å². The second kappa shape index (κ2) is 23.9. The minimum atomic E-state index is -0.926. The molecule has 0 saturated carbocycles. The topological polar surface area (TPSA) is 233 Å². The largest absolute Gasteiger partial charge is 0.445 e. The zero-order valence-corrected chi connectivity index (χ0v) is 38.8. The number of primary amides is 1. The van der Waals surface area contributed by atoms with E-state index in [0.717, 1.165) is 11.1 Å². The molecule has 1 aromatic heterocycles. The molecule has 3 atom stereocenters. The highest BCUT2D eigenvalue weighted by Gasteiger charge is 2.33. The summed E-state index contributed by atoms with van der Waals surface area (Å²) in [5.74, 6) is -1.13. The Morgan fingerprint density at radius 1 is 0.818 bits per heavy atom. The third-order valence-electron chi connectivity index (χ3n) is 11.0. The summed E-state index contributed by atoms with van der Waals surface area (Å²) in [7, 11) is 0. The van der Waals surface area contributed by atoms with Gasteiger partial charge in [-0.2, -0.15) is 0 Å². The van der Waals surface area contributed by atoms with E-state index in [1.54, 1.807) is 77.9 Å². The molecule has 0 aliphatic heterocycles. The number of carbonyl (C=O) groups excluding carboxylic acids is 5. The number of alkyl carbamates (subject to hydrolysis) is 1. The van der Waals surface area contributed by atoms with Gasteiger partial charge in [-0.1, -0.05) is 99.5 Å². The average Bonchev–Trinajstić information content (AvgIpc) is 3.28. The van der Waals surface area contributed by atoms with E-state index in [1.165, 1.54) is 0 Å². The zero-order chi connectivity index (χ0) is 47.9. The highest BCUT2D eigenvalue weighted by molar-refractivity contribution is 6.31. The summed E-state index contributed by atoms with van der Waals surface area (Å²) in [5, 5.41) is 11.6. The van der Waals surface area contributed by atoms with Crippen LogP contribution in [-0.2, 0) is 27.5 Å². The van der Waals surface area contributed by atoms with Crippen LogP contribution < -0.4 is 38.3 Å². The van der Waals surface area contributed by atoms with Gasteiger partial charge in [0.2, 0.25) is 11.8 Å². The minimum absolute atomic E-state index is 0.0667. The summed E-state index contributed by atoms with van der Waals surface area (Å²) in [6.07, 6.45) is 0.269. The molecule has 8 N–H and O–H groups in total. The number of anilines is 1. The van der Waals surface area contributed by atoms with E-state index in [0.29, 0.717) is 51.4 Å². The van der Waals surface area contributed by atoms with Crippen molar-refractivity contribution in [2.45, 2.75) is 85.2 Å². The molecule has 17 heteroatoms. The van der Waals surface area contributed by atoms with Crippen molar-refractivity contribution in [2.24, 2.45) is 23.3 Å². The molecule has 5 rings (SSSR count). The molecular weight excluding hydrogens is 862 g/mol. The van der Waals surface area contributed by atoms with E-state index < -0.39 is 42.1 Å². The van der Waals surface area contributed by atoms with Gasteiger partial charge < -0.3 is 42.4 Å². The van der Waals surface area contributed by atoms with Crippen molar-refractivity contribution in [3.8, 4) is 0 Å². The Balaban J connectivity index is 1.25. The Kier molecular flexibility index (Phi) is 18.2. The quantitative estimate of drug-likeness (QED) is 0.0446. The summed E-state index contributed by atoms with van der Waals surface area (Å²) in [6, 6.07) is 25.5. The normalized spacial score (nSPS) is 12.6. The first kappa shape index (κ1) is 50.2. The van der Waals surface area contributed by atoms with Crippen molar-refractivity contribution in [2.75, 3.05) is 25.0 Å². The number of nitrogens with two attached hydrogens (primary N) is 2. The molecular formula is C49H60ClN9O7. The fraction of sp³-hybridized carbons (Fsp3) is 0.367. The highest BCUT2D eigenvalue weighted by Crippen LogP contribution is 2.31. The lowest BCUT2D eigenvalue weighted by atomic mass is 9.98. The SMILES string of the molecule is Cc1ccc(C(=O)N(CCCNC(=O)OCc2ccc(NC(=O)[C@H](CCCNC(N)=O)NC(=O)C(N)C(C)C)cc2)C(c2nc3cc(Cl)ccc3c(=O)n2Cc2ccccc2)C(C)C)cc1. The van der Waals surface area contributed by atoms with E-state index in [2.05, 4.69) is 21.3 Å². The second-order valence-electron chi connectivity index (χ2n) is 16.9. The van der Waals surface area contributed by atoms with Gasteiger partial charge in [0.15, 0.2) is 0 Å². The van der Waals surface area contributed by atoms with Gasteiger partial charge >= 0.3 is 12.1 Å². The number of aromatic nitrogens is 2. The number of benzene rings is 4. The first-order valence-corrected chi connectivity index (χ1v) is 22.4. The number of nitrogens with one attached hydrogen (secondary N) is 4. The van der Waals surface area contributed by atoms with E-state index in [-0.39, 0.29) is 62.5 Å². The van der Waals surface area contributed by atoms with Gasteiger partial charge in [0.05, 0.1) is 29.5 Å². The Labute approximate surface area is 389 Å². The van der Waals surface area contributed by atoms with Gasteiger partial charge in [0, 0.05) is 35.9 Å². The minimum Gasteiger partial charge on any atom is -0.445 e. The number of fused-ring (bicyclic) bond motifs is 1.